The number of aromatic nitrogens is 2. The lowest BCUT2D eigenvalue weighted by Gasteiger charge is -2.09. The number of nitro benzene ring substituents is 1. The van der Waals surface area contributed by atoms with Crippen molar-refractivity contribution in [2.24, 2.45) is 0 Å². The van der Waals surface area contributed by atoms with Gasteiger partial charge >= 0.3 is 0 Å². The molecular formula is C14H11N3O3. The van der Waals surface area contributed by atoms with Gasteiger partial charge in [0.05, 0.1) is 4.92 Å². The van der Waals surface area contributed by atoms with Crippen LogP contribution in [0.3, 0.4) is 0 Å². The SMILES string of the molecule is Cc1cc([N+](=O)[O-])ccc1Oc1cccn2ccnc12. The summed E-state index contributed by atoms with van der Waals surface area (Å²) in [6.07, 6.45) is 5.38. The molecule has 0 saturated heterocycles. The summed E-state index contributed by atoms with van der Waals surface area (Å²) in [5.74, 6) is 1.18. The number of benzene rings is 1. The maximum Gasteiger partial charge on any atom is 0.269 e. The molecule has 0 saturated carbocycles. The molecule has 2 aromatic heterocycles. The second kappa shape index (κ2) is 4.65. The van der Waals surface area contributed by atoms with Gasteiger partial charge in [-0.15, -0.1) is 0 Å². The number of aryl methyl sites for hydroxylation is 1. The highest BCUT2D eigenvalue weighted by Crippen LogP contribution is 2.29. The van der Waals surface area contributed by atoms with Gasteiger partial charge in [-0.2, -0.15) is 0 Å². The Bertz CT molecular complexity index is 795. The number of fused-ring (bicyclic) bond motifs is 1. The van der Waals surface area contributed by atoms with Crippen molar-refractivity contribution in [2.75, 3.05) is 0 Å². The molecule has 0 radical (unpaired) electrons. The third kappa shape index (κ3) is 2.07. The second-order valence-electron chi connectivity index (χ2n) is 4.34. The maximum atomic E-state index is 10.7. The van der Waals surface area contributed by atoms with Gasteiger partial charge in [0, 0.05) is 30.7 Å². The van der Waals surface area contributed by atoms with E-state index in [1.54, 1.807) is 19.2 Å². The fraction of sp³-hybridized carbons (Fsp3) is 0.0714. The topological polar surface area (TPSA) is 69.7 Å². The molecule has 0 aliphatic carbocycles. The van der Waals surface area contributed by atoms with Crippen molar-refractivity contribution in [1.29, 1.82) is 0 Å². The number of imidazole rings is 1. The predicted octanol–water partition coefficient (Wildman–Crippen LogP) is 3.34. The Balaban J connectivity index is 1.99. The number of rotatable bonds is 3. The first-order chi connectivity index (χ1) is 9.65. The van der Waals surface area contributed by atoms with E-state index in [4.69, 9.17) is 4.74 Å². The van der Waals surface area contributed by atoms with Crippen LogP contribution in [0.5, 0.6) is 11.5 Å². The first kappa shape index (κ1) is 12.2. The van der Waals surface area contributed by atoms with Gasteiger partial charge in [-0.25, -0.2) is 4.98 Å². The molecule has 3 rings (SSSR count). The molecule has 6 heteroatoms. The van der Waals surface area contributed by atoms with Gasteiger partial charge < -0.3 is 9.14 Å². The molecule has 0 fully saturated rings. The summed E-state index contributed by atoms with van der Waals surface area (Å²) < 4.78 is 7.65. The van der Waals surface area contributed by atoms with Crippen LogP contribution in [-0.4, -0.2) is 14.3 Å². The summed E-state index contributed by atoms with van der Waals surface area (Å²) in [6, 6.07) is 8.17. The number of pyridine rings is 1. The molecule has 0 spiro atoms. The smallest absolute Gasteiger partial charge is 0.269 e. The monoisotopic (exact) mass is 269 g/mol. The van der Waals surface area contributed by atoms with Crippen LogP contribution < -0.4 is 4.74 Å². The molecule has 6 nitrogen and oxygen atoms in total. The van der Waals surface area contributed by atoms with Crippen LogP contribution in [0, 0.1) is 17.0 Å². The van der Waals surface area contributed by atoms with Crippen LogP contribution in [0.1, 0.15) is 5.56 Å². The van der Waals surface area contributed by atoms with E-state index in [0.29, 0.717) is 22.7 Å². The fourth-order valence-electron chi connectivity index (χ4n) is 1.98. The lowest BCUT2D eigenvalue weighted by atomic mass is 10.2. The number of hydrogen-bond donors (Lipinski definition) is 0. The average Bonchev–Trinajstić information content (AvgIpc) is 2.90. The molecule has 0 bridgehead atoms. The molecule has 0 atom stereocenters. The minimum absolute atomic E-state index is 0.0499. The normalized spacial score (nSPS) is 10.7. The van der Waals surface area contributed by atoms with Crippen LogP contribution in [0.15, 0.2) is 48.9 Å². The van der Waals surface area contributed by atoms with Crippen LogP contribution >= 0.6 is 0 Å². The van der Waals surface area contributed by atoms with Crippen LogP contribution in [0.4, 0.5) is 5.69 Å². The Hall–Kier alpha value is -2.89. The van der Waals surface area contributed by atoms with E-state index in [-0.39, 0.29) is 5.69 Å². The zero-order valence-electron chi connectivity index (χ0n) is 10.7. The van der Waals surface area contributed by atoms with Gasteiger partial charge in [0.2, 0.25) is 0 Å². The Morgan fingerprint density at radius 2 is 2.10 bits per heavy atom. The van der Waals surface area contributed by atoms with E-state index in [1.165, 1.54) is 12.1 Å². The first-order valence-electron chi connectivity index (χ1n) is 6.00. The molecule has 0 N–H and O–H groups in total. The average molecular weight is 269 g/mol. The minimum Gasteiger partial charge on any atom is -0.453 e. The molecule has 0 aliphatic heterocycles. The number of nitrogens with zero attached hydrogens (tertiary/aromatic N) is 3. The highest BCUT2D eigenvalue weighted by atomic mass is 16.6. The fourth-order valence-corrected chi connectivity index (χ4v) is 1.98. The van der Waals surface area contributed by atoms with Crippen molar-refractivity contribution in [3.05, 3.63) is 64.6 Å². The molecule has 1 aromatic carbocycles. The standard InChI is InChI=1S/C14H11N3O3/c1-10-9-11(17(18)19)4-5-12(10)20-13-3-2-7-16-8-6-15-14(13)16/h2-9H,1H3. The molecular weight excluding hydrogens is 258 g/mol. The number of non-ortho nitro benzene ring substituents is 1. The van der Waals surface area contributed by atoms with Gasteiger partial charge in [-0.3, -0.25) is 10.1 Å². The van der Waals surface area contributed by atoms with Crippen LogP contribution in [0.25, 0.3) is 5.65 Å². The molecule has 0 aliphatic rings. The van der Waals surface area contributed by atoms with E-state index >= 15 is 0 Å². The van der Waals surface area contributed by atoms with E-state index in [1.807, 2.05) is 28.9 Å². The van der Waals surface area contributed by atoms with Crippen molar-refractivity contribution in [3.63, 3.8) is 0 Å². The van der Waals surface area contributed by atoms with Crippen molar-refractivity contribution in [2.45, 2.75) is 6.92 Å². The number of nitro groups is 1. The van der Waals surface area contributed by atoms with E-state index in [0.717, 1.165) is 0 Å². The number of hydrogen-bond acceptors (Lipinski definition) is 4. The van der Waals surface area contributed by atoms with E-state index in [9.17, 15) is 10.1 Å². The van der Waals surface area contributed by atoms with Crippen LogP contribution in [-0.2, 0) is 0 Å². The molecule has 2 heterocycles. The Labute approximate surface area is 114 Å². The summed E-state index contributed by atoms with van der Waals surface area (Å²) in [5, 5.41) is 10.7. The lowest BCUT2D eigenvalue weighted by Crippen LogP contribution is -1.93. The Morgan fingerprint density at radius 1 is 1.25 bits per heavy atom. The lowest BCUT2D eigenvalue weighted by molar-refractivity contribution is -0.384. The molecule has 100 valence electrons. The quantitative estimate of drug-likeness (QED) is 0.540. The largest absolute Gasteiger partial charge is 0.453 e. The Kier molecular flexibility index (Phi) is 2.83. The minimum atomic E-state index is -0.425. The summed E-state index contributed by atoms with van der Waals surface area (Å²) in [7, 11) is 0. The summed E-state index contributed by atoms with van der Waals surface area (Å²) in [4.78, 5) is 14.5. The predicted molar refractivity (Wildman–Crippen MR) is 73.1 cm³/mol. The second-order valence-corrected chi connectivity index (χ2v) is 4.34. The van der Waals surface area contributed by atoms with Crippen molar-refractivity contribution in [1.82, 2.24) is 9.38 Å². The molecule has 0 unspecified atom stereocenters. The summed E-state index contributed by atoms with van der Waals surface area (Å²) in [5.41, 5.74) is 1.45. The van der Waals surface area contributed by atoms with Crippen molar-refractivity contribution >= 4 is 11.3 Å². The zero-order chi connectivity index (χ0) is 14.1. The van der Waals surface area contributed by atoms with E-state index < -0.39 is 4.92 Å². The molecule has 20 heavy (non-hydrogen) atoms. The highest BCUT2D eigenvalue weighted by Gasteiger charge is 2.11. The van der Waals surface area contributed by atoms with Gasteiger partial charge in [0.1, 0.15) is 5.75 Å². The Morgan fingerprint density at radius 3 is 2.85 bits per heavy atom. The van der Waals surface area contributed by atoms with Gasteiger partial charge in [-0.05, 0) is 30.7 Å². The third-order valence-electron chi connectivity index (χ3n) is 2.97. The van der Waals surface area contributed by atoms with Gasteiger partial charge in [0.15, 0.2) is 11.4 Å². The van der Waals surface area contributed by atoms with Gasteiger partial charge in [0.25, 0.3) is 5.69 Å². The highest BCUT2D eigenvalue weighted by molar-refractivity contribution is 5.56. The van der Waals surface area contributed by atoms with Crippen molar-refractivity contribution < 1.29 is 9.66 Å². The third-order valence-corrected chi connectivity index (χ3v) is 2.97. The summed E-state index contributed by atoms with van der Waals surface area (Å²) >= 11 is 0. The van der Waals surface area contributed by atoms with Gasteiger partial charge in [-0.1, -0.05) is 0 Å². The van der Waals surface area contributed by atoms with E-state index in [2.05, 4.69) is 4.98 Å². The van der Waals surface area contributed by atoms with Crippen molar-refractivity contribution in [3.8, 4) is 11.5 Å². The summed E-state index contributed by atoms with van der Waals surface area (Å²) in [6.45, 7) is 1.77. The number of ether oxygens (including phenoxy) is 1. The molecule has 3 aromatic rings. The maximum absolute atomic E-state index is 10.7. The molecule has 0 amide bonds. The van der Waals surface area contributed by atoms with Crippen LogP contribution in [0.2, 0.25) is 0 Å². The first-order valence-corrected chi connectivity index (χ1v) is 6.00. The zero-order valence-corrected chi connectivity index (χ0v) is 10.7.